The van der Waals surface area contributed by atoms with Crippen molar-refractivity contribution in [1.82, 2.24) is 5.43 Å². The Bertz CT molecular complexity index is 634. The van der Waals surface area contributed by atoms with Gasteiger partial charge < -0.3 is 19.3 Å². The summed E-state index contributed by atoms with van der Waals surface area (Å²) < 4.78 is 15.4. The van der Waals surface area contributed by atoms with Gasteiger partial charge in [-0.3, -0.25) is 0 Å². The molecule has 1 amide bonds. The summed E-state index contributed by atoms with van der Waals surface area (Å²) in [6.07, 6.45) is -0.657. The largest absolute Gasteiger partial charge is 0.493 e. The minimum atomic E-state index is -1.08. The molecule has 8 nitrogen and oxygen atoms in total. The third-order valence-electron chi connectivity index (χ3n) is 2.65. The van der Waals surface area contributed by atoms with E-state index in [9.17, 15) is 9.59 Å². The van der Waals surface area contributed by atoms with E-state index < -0.39 is 24.3 Å². The smallest absolute Gasteiger partial charge is 0.428 e. The maximum atomic E-state index is 11.6. The number of amides is 1. The van der Waals surface area contributed by atoms with E-state index in [1.54, 1.807) is 45.9 Å². The van der Waals surface area contributed by atoms with Gasteiger partial charge in [-0.1, -0.05) is 0 Å². The Morgan fingerprint density at radius 3 is 2.46 bits per heavy atom. The summed E-state index contributed by atoms with van der Waals surface area (Å²) in [4.78, 5) is 22.1. The van der Waals surface area contributed by atoms with Gasteiger partial charge in [0, 0.05) is 5.56 Å². The first kappa shape index (κ1) is 19.3. The molecule has 132 valence electrons. The van der Waals surface area contributed by atoms with Crippen LogP contribution in [-0.4, -0.2) is 42.2 Å². The molecule has 0 saturated carbocycles. The number of hydrazone groups is 1. The third-order valence-corrected chi connectivity index (χ3v) is 2.65. The van der Waals surface area contributed by atoms with Gasteiger partial charge >= 0.3 is 12.1 Å². The molecule has 0 radical (unpaired) electrons. The van der Waals surface area contributed by atoms with E-state index >= 15 is 0 Å². The number of rotatable bonds is 6. The minimum Gasteiger partial charge on any atom is -0.493 e. The summed E-state index contributed by atoms with van der Waals surface area (Å²) in [6.45, 7) is 6.49. The average molecular weight is 338 g/mol. The van der Waals surface area contributed by atoms with E-state index in [-0.39, 0.29) is 0 Å². The maximum absolute atomic E-state index is 11.6. The van der Waals surface area contributed by atoms with Gasteiger partial charge in [0.1, 0.15) is 5.60 Å². The van der Waals surface area contributed by atoms with Crippen LogP contribution in [0, 0.1) is 0 Å². The number of carbonyl (C=O) groups excluding carboxylic acids is 1. The molecule has 0 aliphatic carbocycles. The number of carboxylic acids is 1. The van der Waals surface area contributed by atoms with Crippen molar-refractivity contribution in [3.8, 4) is 11.5 Å². The van der Waals surface area contributed by atoms with E-state index in [0.29, 0.717) is 22.8 Å². The lowest BCUT2D eigenvalue weighted by Crippen LogP contribution is -2.30. The van der Waals surface area contributed by atoms with E-state index in [0.717, 1.165) is 0 Å². The lowest BCUT2D eigenvalue weighted by atomic mass is 10.1. The molecule has 2 N–H and O–H groups in total. The van der Waals surface area contributed by atoms with Crippen LogP contribution in [0.4, 0.5) is 4.79 Å². The molecular weight excluding hydrogens is 316 g/mol. The fourth-order valence-corrected chi connectivity index (χ4v) is 1.65. The van der Waals surface area contributed by atoms with Gasteiger partial charge in [0.25, 0.3) is 0 Å². The molecule has 0 spiro atoms. The Kier molecular flexibility index (Phi) is 6.58. The SMILES string of the molecule is COc1cc(/C(C)=N\NC(=O)OC(C)(C)C)ccc1OCC(=O)O. The lowest BCUT2D eigenvalue weighted by molar-refractivity contribution is -0.139. The van der Waals surface area contributed by atoms with Crippen molar-refractivity contribution in [2.75, 3.05) is 13.7 Å². The predicted octanol–water partition coefficient (Wildman–Crippen LogP) is 2.41. The number of aliphatic carboxylic acids is 1. The molecule has 24 heavy (non-hydrogen) atoms. The molecule has 1 aromatic rings. The first-order chi connectivity index (χ1) is 11.1. The van der Waals surface area contributed by atoms with E-state index in [1.807, 2.05) is 0 Å². The number of carboxylic acid groups (broad SMARTS) is 1. The molecule has 0 aromatic heterocycles. The Hall–Kier alpha value is -2.77. The van der Waals surface area contributed by atoms with Crippen LogP contribution in [0.2, 0.25) is 0 Å². The predicted molar refractivity (Wildman–Crippen MR) is 87.7 cm³/mol. The molecular formula is C16H22N2O6. The normalized spacial score (nSPS) is 11.6. The Morgan fingerprint density at radius 1 is 1.25 bits per heavy atom. The number of carbonyl (C=O) groups is 2. The molecule has 8 heteroatoms. The Labute approximate surface area is 140 Å². The first-order valence-electron chi connectivity index (χ1n) is 7.18. The van der Waals surface area contributed by atoms with Crippen molar-refractivity contribution in [3.63, 3.8) is 0 Å². The summed E-state index contributed by atoms with van der Waals surface area (Å²) in [5, 5.41) is 12.6. The zero-order valence-corrected chi connectivity index (χ0v) is 14.4. The molecule has 0 atom stereocenters. The van der Waals surface area contributed by atoms with Crippen LogP contribution >= 0.6 is 0 Å². The highest BCUT2D eigenvalue weighted by Gasteiger charge is 2.16. The molecule has 0 fully saturated rings. The number of benzene rings is 1. The van der Waals surface area contributed by atoms with E-state index in [2.05, 4.69) is 10.5 Å². The van der Waals surface area contributed by atoms with Gasteiger partial charge in [0.15, 0.2) is 18.1 Å². The van der Waals surface area contributed by atoms with Crippen molar-refractivity contribution in [2.24, 2.45) is 5.10 Å². The molecule has 0 bridgehead atoms. The number of nitrogens with one attached hydrogen (secondary N) is 1. The molecule has 1 rings (SSSR count). The zero-order valence-electron chi connectivity index (χ0n) is 14.4. The molecule has 0 aliphatic heterocycles. The summed E-state index contributed by atoms with van der Waals surface area (Å²) in [7, 11) is 1.44. The van der Waals surface area contributed by atoms with Gasteiger partial charge in [-0.05, 0) is 45.9 Å². The van der Waals surface area contributed by atoms with Crippen LogP contribution in [0.15, 0.2) is 23.3 Å². The van der Waals surface area contributed by atoms with E-state index in [1.165, 1.54) is 7.11 Å². The van der Waals surface area contributed by atoms with Crippen LogP contribution in [-0.2, 0) is 9.53 Å². The highest BCUT2D eigenvalue weighted by Crippen LogP contribution is 2.28. The summed E-state index contributed by atoms with van der Waals surface area (Å²) in [6, 6.07) is 4.88. The number of methoxy groups -OCH3 is 1. The van der Waals surface area contributed by atoms with Gasteiger partial charge in [-0.2, -0.15) is 5.10 Å². The van der Waals surface area contributed by atoms with Crippen LogP contribution < -0.4 is 14.9 Å². The van der Waals surface area contributed by atoms with Crippen LogP contribution in [0.1, 0.15) is 33.3 Å². The standard InChI is InChI=1S/C16H22N2O6/c1-10(17-18-15(21)24-16(2,3)4)11-6-7-12(13(8-11)22-5)23-9-14(19)20/h6-8H,9H2,1-5H3,(H,18,21)(H,19,20)/b17-10-. The maximum Gasteiger partial charge on any atom is 0.428 e. The Morgan fingerprint density at radius 2 is 1.92 bits per heavy atom. The van der Waals surface area contributed by atoms with Gasteiger partial charge in [-0.25, -0.2) is 15.0 Å². The first-order valence-corrected chi connectivity index (χ1v) is 7.18. The summed E-state index contributed by atoms with van der Waals surface area (Å²) >= 11 is 0. The van der Waals surface area contributed by atoms with Gasteiger partial charge in [0.2, 0.25) is 0 Å². The quantitative estimate of drug-likeness (QED) is 0.609. The number of nitrogens with zero attached hydrogens (tertiary/aromatic N) is 1. The third kappa shape index (κ3) is 6.55. The van der Waals surface area contributed by atoms with Crippen molar-refractivity contribution in [3.05, 3.63) is 23.8 Å². The van der Waals surface area contributed by atoms with Gasteiger partial charge in [-0.15, -0.1) is 0 Å². The number of hydrogen-bond donors (Lipinski definition) is 2. The second-order valence-corrected chi connectivity index (χ2v) is 5.86. The molecule has 0 heterocycles. The second kappa shape index (κ2) is 8.19. The summed E-state index contributed by atoms with van der Waals surface area (Å²) in [5.41, 5.74) is 2.88. The molecule has 0 saturated heterocycles. The minimum absolute atomic E-state index is 0.302. The second-order valence-electron chi connectivity index (χ2n) is 5.86. The molecule has 1 aromatic carbocycles. The van der Waals surface area contributed by atoms with Crippen LogP contribution in [0.3, 0.4) is 0 Å². The zero-order chi connectivity index (χ0) is 18.3. The number of ether oxygens (including phenoxy) is 3. The lowest BCUT2D eigenvalue weighted by Gasteiger charge is -2.18. The Balaban J connectivity index is 2.83. The van der Waals surface area contributed by atoms with Crippen molar-refractivity contribution in [2.45, 2.75) is 33.3 Å². The highest BCUT2D eigenvalue weighted by molar-refractivity contribution is 5.99. The fraction of sp³-hybridized carbons (Fsp3) is 0.438. The fourth-order valence-electron chi connectivity index (χ4n) is 1.65. The van der Waals surface area contributed by atoms with Crippen molar-refractivity contribution in [1.29, 1.82) is 0 Å². The monoisotopic (exact) mass is 338 g/mol. The topological polar surface area (TPSA) is 106 Å². The van der Waals surface area contributed by atoms with Crippen LogP contribution in [0.5, 0.6) is 11.5 Å². The number of hydrogen-bond acceptors (Lipinski definition) is 6. The van der Waals surface area contributed by atoms with Crippen molar-refractivity contribution >= 4 is 17.8 Å². The van der Waals surface area contributed by atoms with E-state index in [4.69, 9.17) is 19.3 Å². The molecule has 0 unspecified atom stereocenters. The highest BCUT2D eigenvalue weighted by atomic mass is 16.6. The van der Waals surface area contributed by atoms with Crippen LogP contribution in [0.25, 0.3) is 0 Å². The summed E-state index contributed by atoms with van der Waals surface area (Å²) in [5.74, 6) is -0.419. The van der Waals surface area contributed by atoms with Crippen molar-refractivity contribution < 1.29 is 28.9 Å². The van der Waals surface area contributed by atoms with Gasteiger partial charge in [0.05, 0.1) is 12.8 Å². The molecule has 0 aliphatic rings. The average Bonchev–Trinajstić information content (AvgIpc) is 2.48.